The molecular weight excluding hydrogens is 451 g/mol. The van der Waals surface area contributed by atoms with E-state index >= 15 is 0 Å². The van der Waals surface area contributed by atoms with Gasteiger partial charge in [-0.2, -0.15) is 0 Å². The Morgan fingerprint density at radius 2 is 0.333 bits per heavy atom. The van der Waals surface area contributed by atoms with Crippen LogP contribution in [0.1, 0.15) is 0 Å². The number of halogens is 6. The van der Waals surface area contributed by atoms with Crippen molar-refractivity contribution in [1.82, 2.24) is 0 Å². The molecule has 0 rings (SSSR count). The molecular formula is H6Cl6IrNa2+2. The molecule has 0 spiro atoms. The van der Waals surface area contributed by atoms with E-state index in [1.165, 1.54) is 0 Å². The van der Waals surface area contributed by atoms with Crippen molar-refractivity contribution in [2.45, 2.75) is 0 Å². The Kier molecular flexibility index (Phi) is 989. The third kappa shape index (κ3) is 69.4. The fraction of sp³-hybridized carbons (Fsp3) is 0. The zero-order valence-electron chi connectivity index (χ0n) is 4.78. The van der Waals surface area contributed by atoms with E-state index in [4.69, 9.17) is 0 Å². The molecule has 0 aliphatic heterocycles. The average molecular weight is 457 g/mol. The SMILES string of the molecule is Cl.Cl.Cl.Cl.Cl.Cl.[Ir].[Na+].[Na+]. The summed E-state index contributed by atoms with van der Waals surface area (Å²) in [7, 11) is 0. The first-order chi connectivity index (χ1) is 0. The molecule has 0 bridgehead atoms. The van der Waals surface area contributed by atoms with Crippen molar-refractivity contribution >= 4 is 74.4 Å². The molecule has 57 valence electrons. The Labute approximate surface area is 151 Å². The molecule has 0 aliphatic carbocycles. The summed E-state index contributed by atoms with van der Waals surface area (Å²) in [6.45, 7) is 0. The second kappa shape index (κ2) is 83.4. The second-order valence-electron chi connectivity index (χ2n) is 0. The molecule has 1 radical (unpaired) electrons. The van der Waals surface area contributed by atoms with Crippen LogP contribution in [-0.4, -0.2) is 0 Å². The van der Waals surface area contributed by atoms with Crippen LogP contribution in [0.5, 0.6) is 0 Å². The fourth-order valence-corrected chi connectivity index (χ4v) is 0. The van der Waals surface area contributed by atoms with Gasteiger partial charge in [-0.05, 0) is 0 Å². The average Bonchev–Trinajstić information content (AvgIpc) is 0. The van der Waals surface area contributed by atoms with E-state index in [0.29, 0.717) is 0 Å². The summed E-state index contributed by atoms with van der Waals surface area (Å²) in [5, 5.41) is 0. The van der Waals surface area contributed by atoms with Gasteiger partial charge in [0.2, 0.25) is 0 Å². The van der Waals surface area contributed by atoms with Gasteiger partial charge in [-0.3, -0.25) is 0 Å². The van der Waals surface area contributed by atoms with Crippen LogP contribution in [0.25, 0.3) is 0 Å². The maximum atomic E-state index is 0. The molecule has 9 heteroatoms. The summed E-state index contributed by atoms with van der Waals surface area (Å²) in [6.07, 6.45) is 0. The number of rotatable bonds is 0. The summed E-state index contributed by atoms with van der Waals surface area (Å²) in [5.74, 6) is 0. The van der Waals surface area contributed by atoms with Gasteiger partial charge in [0.05, 0.1) is 0 Å². The van der Waals surface area contributed by atoms with E-state index < -0.39 is 0 Å². The fourth-order valence-electron chi connectivity index (χ4n) is 0. The van der Waals surface area contributed by atoms with Gasteiger partial charge in [-0.25, -0.2) is 0 Å². The molecule has 9 heavy (non-hydrogen) atoms. The van der Waals surface area contributed by atoms with Crippen molar-refractivity contribution in [1.29, 1.82) is 0 Å². The van der Waals surface area contributed by atoms with E-state index in [-0.39, 0.29) is 154 Å². The summed E-state index contributed by atoms with van der Waals surface area (Å²) in [4.78, 5) is 0. The predicted molar refractivity (Wildman–Crippen MR) is 43.5 cm³/mol. The molecule has 0 heterocycles. The molecule has 0 saturated heterocycles. The summed E-state index contributed by atoms with van der Waals surface area (Å²) in [5.41, 5.74) is 0. The van der Waals surface area contributed by atoms with Gasteiger partial charge < -0.3 is 0 Å². The smallest absolute Gasteiger partial charge is 0.147 e. The number of hydrogen-bond acceptors (Lipinski definition) is 0. The van der Waals surface area contributed by atoms with Crippen LogP contribution in [0, 0.1) is 0 Å². The monoisotopic (exact) mass is 455 g/mol. The third-order valence-electron chi connectivity index (χ3n) is 0. The van der Waals surface area contributed by atoms with Crippen LogP contribution in [0.3, 0.4) is 0 Å². The molecule has 0 atom stereocenters. The first-order valence-electron chi connectivity index (χ1n) is 0. The largest absolute Gasteiger partial charge is 1.00 e. The minimum Gasteiger partial charge on any atom is -0.147 e. The molecule has 0 aromatic carbocycles. The van der Waals surface area contributed by atoms with E-state index in [1.54, 1.807) is 0 Å². The Balaban J connectivity index is 0. The van der Waals surface area contributed by atoms with Crippen molar-refractivity contribution in [3.8, 4) is 0 Å². The van der Waals surface area contributed by atoms with Crippen LogP contribution in [0.15, 0.2) is 0 Å². The normalized spacial score (nSPS) is 0. The second-order valence-corrected chi connectivity index (χ2v) is 0. The van der Waals surface area contributed by atoms with Crippen molar-refractivity contribution in [2.75, 3.05) is 0 Å². The van der Waals surface area contributed by atoms with Crippen molar-refractivity contribution in [3.63, 3.8) is 0 Å². The van der Waals surface area contributed by atoms with Crippen LogP contribution in [0.4, 0.5) is 0 Å². The zero-order chi connectivity index (χ0) is 0. The molecule has 0 aromatic heterocycles. The summed E-state index contributed by atoms with van der Waals surface area (Å²) >= 11 is 0. The van der Waals surface area contributed by atoms with Crippen LogP contribution >= 0.6 is 74.4 Å². The van der Waals surface area contributed by atoms with E-state index in [2.05, 4.69) is 0 Å². The van der Waals surface area contributed by atoms with Crippen molar-refractivity contribution in [3.05, 3.63) is 0 Å². The Morgan fingerprint density at radius 3 is 0.333 bits per heavy atom. The summed E-state index contributed by atoms with van der Waals surface area (Å²) in [6, 6.07) is 0. The topological polar surface area (TPSA) is 0 Å². The van der Waals surface area contributed by atoms with Gasteiger partial charge >= 0.3 is 59.1 Å². The van der Waals surface area contributed by atoms with E-state index in [0.717, 1.165) is 0 Å². The minimum absolute atomic E-state index is 0. The molecule has 0 aliphatic rings. The van der Waals surface area contributed by atoms with E-state index in [1.807, 2.05) is 0 Å². The van der Waals surface area contributed by atoms with Gasteiger partial charge in [-0.15, -0.1) is 74.4 Å². The van der Waals surface area contributed by atoms with Gasteiger partial charge in [0, 0.05) is 20.1 Å². The molecule has 0 N–H and O–H groups in total. The first kappa shape index (κ1) is 107. The quantitative estimate of drug-likeness (QED) is 0.332. The van der Waals surface area contributed by atoms with Crippen molar-refractivity contribution < 1.29 is 79.2 Å². The molecule has 0 nitrogen and oxygen atoms in total. The van der Waals surface area contributed by atoms with Crippen LogP contribution in [-0.2, 0) is 20.1 Å². The Morgan fingerprint density at radius 1 is 0.333 bits per heavy atom. The number of hydrogen-bond donors (Lipinski definition) is 0. The van der Waals surface area contributed by atoms with Crippen LogP contribution < -0.4 is 59.1 Å². The maximum absolute atomic E-state index is 0. The van der Waals surface area contributed by atoms with E-state index in [9.17, 15) is 0 Å². The van der Waals surface area contributed by atoms with Gasteiger partial charge in [-0.1, -0.05) is 0 Å². The molecule has 0 aromatic rings. The van der Waals surface area contributed by atoms with Gasteiger partial charge in [0.1, 0.15) is 0 Å². The van der Waals surface area contributed by atoms with Gasteiger partial charge in [0.15, 0.2) is 0 Å². The molecule has 0 amide bonds. The van der Waals surface area contributed by atoms with Crippen LogP contribution in [0.2, 0.25) is 0 Å². The summed E-state index contributed by atoms with van der Waals surface area (Å²) < 4.78 is 0. The minimum atomic E-state index is 0. The molecule has 0 saturated carbocycles. The Hall–Kier alpha value is 4.39. The zero-order valence-corrected chi connectivity index (χ0v) is 16.1. The predicted octanol–water partition coefficient (Wildman–Crippen LogP) is -3.46. The first-order valence-corrected chi connectivity index (χ1v) is 0. The third-order valence-corrected chi connectivity index (χ3v) is 0. The standard InChI is InChI=1S/6ClH.Ir.2Na/h6*1H;;;/q;;;;;;;2*+1. The maximum Gasteiger partial charge on any atom is 1.00 e. The Bertz CT molecular complexity index is 11.0. The molecule has 0 fully saturated rings. The molecule has 0 unspecified atom stereocenters. The van der Waals surface area contributed by atoms with Gasteiger partial charge in [0.25, 0.3) is 0 Å². The van der Waals surface area contributed by atoms with Crippen molar-refractivity contribution in [2.24, 2.45) is 0 Å².